The predicted octanol–water partition coefficient (Wildman–Crippen LogP) is -3.52. The van der Waals surface area contributed by atoms with Crippen LogP contribution in [0.1, 0.15) is 12.8 Å². The fourth-order valence-corrected chi connectivity index (χ4v) is 4.86. The lowest BCUT2D eigenvalue weighted by Crippen LogP contribution is -2.41. The van der Waals surface area contributed by atoms with Crippen LogP contribution in [0.15, 0.2) is 24.3 Å². The molecule has 0 saturated heterocycles. The highest BCUT2D eigenvalue weighted by Crippen LogP contribution is 2.28. The summed E-state index contributed by atoms with van der Waals surface area (Å²) in [5, 5.41) is 23.3. The molecule has 5 amide bonds. The van der Waals surface area contributed by atoms with Crippen molar-refractivity contribution in [3.05, 3.63) is 24.3 Å². The van der Waals surface area contributed by atoms with Gasteiger partial charge in [0.2, 0.25) is 17.7 Å². The topological polar surface area (TPSA) is 215 Å². The minimum Gasteiger partial charge on any atom is -0.370 e. The fraction of sp³-hybridized carbons (Fsp3) is 0.550. The van der Waals surface area contributed by atoms with Gasteiger partial charge in [0.05, 0.1) is 0 Å². The molecule has 2 aliphatic rings. The van der Waals surface area contributed by atoms with Crippen LogP contribution in [0.3, 0.4) is 0 Å². The molecule has 0 fully saturated rings. The zero-order chi connectivity index (χ0) is 26.6. The molecule has 2 aliphatic heterocycles. The number of nitrogens with two attached hydrogens (primary N) is 1. The summed E-state index contributed by atoms with van der Waals surface area (Å²) in [6.07, 6.45) is 3.79. The number of amides is 5. The maximum Gasteiger partial charge on any atom is 0.279 e. The van der Waals surface area contributed by atoms with Gasteiger partial charge in [-0.3, -0.25) is 33.4 Å². The van der Waals surface area contributed by atoms with Crippen LogP contribution in [-0.4, -0.2) is 103 Å². The number of nitrogens with one attached hydrogen (secondary N) is 5. The van der Waals surface area contributed by atoms with E-state index in [0.29, 0.717) is 0 Å². The number of imide groups is 1. The average molecular weight is 529 g/mol. The SMILES string of the molecule is NCCNP(=O)(NCCNC(=O)CCN1C(=O)C=CC1=O)NCCNC(=O)CCN1C(=O)C=CC1O. The highest BCUT2D eigenvalue weighted by molar-refractivity contribution is 7.57. The second kappa shape index (κ2) is 14.6. The lowest BCUT2D eigenvalue weighted by atomic mass is 10.3. The van der Waals surface area contributed by atoms with Crippen LogP contribution < -0.4 is 31.6 Å². The Balaban J connectivity index is 1.63. The first-order valence-corrected chi connectivity index (χ1v) is 13.1. The number of aliphatic hydroxyl groups excluding tert-OH is 1. The second-order valence-electron chi connectivity index (χ2n) is 7.79. The van der Waals surface area contributed by atoms with Crippen molar-refractivity contribution >= 4 is 37.1 Å². The molecular weight excluding hydrogens is 495 g/mol. The Morgan fingerprint density at radius 1 is 0.833 bits per heavy atom. The van der Waals surface area contributed by atoms with Crippen molar-refractivity contribution < 1.29 is 33.6 Å². The van der Waals surface area contributed by atoms with Crippen LogP contribution >= 0.6 is 7.59 Å². The van der Waals surface area contributed by atoms with Crippen LogP contribution in [0.5, 0.6) is 0 Å². The molecule has 0 aromatic heterocycles. The number of hydrogen-bond acceptors (Lipinski definition) is 8. The number of nitrogens with zero attached hydrogens (tertiary/aromatic N) is 2. The molecule has 8 N–H and O–H groups in total. The minimum atomic E-state index is -3.29. The third-order valence-corrected chi connectivity index (χ3v) is 7.11. The molecule has 2 unspecified atom stereocenters. The summed E-state index contributed by atoms with van der Waals surface area (Å²) in [7, 11) is -3.29. The summed E-state index contributed by atoms with van der Waals surface area (Å²) in [5.74, 6) is -1.98. The Bertz CT molecular complexity index is 923. The number of aliphatic hydroxyl groups is 1. The van der Waals surface area contributed by atoms with Gasteiger partial charge >= 0.3 is 0 Å². The number of rotatable bonds is 17. The molecule has 0 aromatic carbocycles. The normalized spacial score (nSPS) is 18.7. The summed E-state index contributed by atoms with van der Waals surface area (Å²) in [5.41, 5.74) is 5.47. The summed E-state index contributed by atoms with van der Waals surface area (Å²) < 4.78 is 13.0. The van der Waals surface area contributed by atoms with Crippen LogP contribution in [0.25, 0.3) is 0 Å². The second-order valence-corrected chi connectivity index (χ2v) is 9.96. The first kappa shape index (κ1) is 29.3. The van der Waals surface area contributed by atoms with E-state index in [0.717, 1.165) is 22.0 Å². The van der Waals surface area contributed by atoms with Gasteiger partial charge in [-0.1, -0.05) is 0 Å². The van der Waals surface area contributed by atoms with Gasteiger partial charge in [-0.25, -0.2) is 15.3 Å². The van der Waals surface area contributed by atoms with Crippen molar-refractivity contribution in [1.29, 1.82) is 0 Å². The van der Waals surface area contributed by atoms with Crippen LogP contribution in [0.4, 0.5) is 0 Å². The van der Waals surface area contributed by atoms with Gasteiger partial charge in [0, 0.05) is 83.4 Å². The molecule has 0 spiro atoms. The lowest BCUT2D eigenvalue weighted by Gasteiger charge is -2.22. The van der Waals surface area contributed by atoms with Crippen molar-refractivity contribution in [2.24, 2.45) is 5.73 Å². The molecule has 0 bridgehead atoms. The van der Waals surface area contributed by atoms with Gasteiger partial charge in [0.15, 0.2) is 0 Å². The Labute approximate surface area is 208 Å². The third-order valence-electron chi connectivity index (χ3n) is 5.10. The van der Waals surface area contributed by atoms with Gasteiger partial charge < -0.3 is 26.4 Å². The number of hydrogen-bond donors (Lipinski definition) is 7. The van der Waals surface area contributed by atoms with E-state index in [1.807, 2.05) is 0 Å². The van der Waals surface area contributed by atoms with Crippen molar-refractivity contribution in [3.8, 4) is 0 Å². The van der Waals surface area contributed by atoms with Gasteiger partial charge in [-0.05, 0) is 6.08 Å². The van der Waals surface area contributed by atoms with E-state index >= 15 is 0 Å². The molecule has 15 nitrogen and oxygen atoms in total. The largest absolute Gasteiger partial charge is 0.370 e. The van der Waals surface area contributed by atoms with E-state index < -0.39 is 25.6 Å². The van der Waals surface area contributed by atoms with Crippen molar-refractivity contribution in [3.63, 3.8) is 0 Å². The van der Waals surface area contributed by atoms with Gasteiger partial charge in [-0.15, -0.1) is 0 Å². The molecule has 0 radical (unpaired) electrons. The van der Waals surface area contributed by atoms with Crippen molar-refractivity contribution in [2.45, 2.75) is 19.1 Å². The smallest absolute Gasteiger partial charge is 0.279 e. The highest BCUT2D eigenvalue weighted by atomic mass is 31.2. The Kier molecular flexibility index (Phi) is 11.9. The summed E-state index contributed by atoms with van der Waals surface area (Å²) in [6.45, 7) is 1.12. The van der Waals surface area contributed by atoms with Crippen LogP contribution in [0.2, 0.25) is 0 Å². The molecule has 2 atom stereocenters. The molecule has 2 rings (SSSR count). The zero-order valence-corrected chi connectivity index (χ0v) is 20.7. The first-order valence-electron chi connectivity index (χ1n) is 11.4. The van der Waals surface area contributed by atoms with E-state index in [1.54, 1.807) is 0 Å². The molecule has 0 aromatic rings. The Morgan fingerprint density at radius 3 is 1.86 bits per heavy atom. The number of carbonyl (C=O) groups is 5. The first-order chi connectivity index (χ1) is 17.1. The van der Waals surface area contributed by atoms with Crippen LogP contribution in [-0.2, 0) is 28.5 Å². The highest BCUT2D eigenvalue weighted by Gasteiger charge is 2.25. The predicted molar refractivity (Wildman–Crippen MR) is 129 cm³/mol. The quantitative estimate of drug-likeness (QED) is 0.0558. The molecule has 0 saturated carbocycles. The maximum absolute atomic E-state index is 13.0. The Hall–Kier alpha value is -2.94. The van der Waals surface area contributed by atoms with Gasteiger partial charge in [0.25, 0.3) is 19.4 Å². The fourth-order valence-electron chi connectivity index (χ4n) is 3.22. The number of carbonyl (C=O) groups excluding carboxylic acids is 5. The summed E-state index contributed by atoms with van der Waals surface area (Å²) in [4.78, 5) is 60.6. The zero-order valence-electron chi connectivity index (χ0n) is 19.8. The molecule has 200 valence electrons. The van der Waals surface area contributed by atoms with E-state index in [9.17, 15) is 33.6 Å². The van der Waals surface area contributed by atoms with E-state index in [4.69, 9.17) is 5.73 Å². The summed E-state index contributed by atoms with van der Waals surface area (Å²) in [6, 6.07) is 0. The maximum atomic E-state index is 13.0. The molecule has 16 heteroatoms. The molecule has 0 aliphatic carbocycles. The van der Waals surface area contributed by atoms with Gasteiger partial charge in [0.1, 0.15) is 6.23 Å². The van der Waals surface area contributed by atoms with Gasteiger partial charge in [-0.2, -0.15) is 0 Å². The monoisotopic (exact) mass is 528 g/mol. The third kappa shape index (κ3) is 9.60. The summed E-state index contributed by atoms with van der Waals surface area (Å²) >= 11 is 0. The molecule has 36 heavy (non-hydrogen) atoms. The average Bonchev–Trinajstić information content (AvgIpc) is 3.34. The Morgan fingerprint density at radius 2 is 1.36 bits per heavy atom. The van der Waals surface area contributed by atoms with Crippen molar-refractivity contribution in [1.82, 2.24) is 35.7 Å². The molecule has 2 heterocycles. The van der Waals surface area contributed by atoms with Crippen LogP contribution in [0, 0.1) is 0 Å². The van der Waals surface area contributed by atoms with E-state index in [-0.39, 0.29) is 82.9 Å². The molecular formula is C20H33N8O7P. The lowest BCUT2D eigenvalue weighted by molar-refractivity contribution is -0.137. The standard InChI is InChI=1S/C20H33N8O7P/c21-7-8-24-36(35,25-11-9-22-15(29)5-13-27-17(31)1-2-18(27)32)26-12-10-23-16(30)6-14-28-19(33)3-4-20(28)34/h1-4,17,31H,5-14,21H2,(H,22,29)(H,23,30)(H3,24,25,26,35). The van der Waals surface area contributed by atoms with Crippen molar-refractivity contribution in [2.75, 3.05) is 52.4 Å². The minimum absolute atomic E-state index is 0.00209. The van der Waals surface area contributed by atoms with E-state index in [2.05, 4.69) is 25.9 Å². The van der Waals surface area contributed by atoms with E-state index in [1.165, 1.54) is 12.2 Å².